The lowest BCUT2D eigenvalue weighted by Crippen LogP contribution is -2.01. The topological polar surface area (TPSA) is 9.23 Å². The van der Waals surface area contributed by atoms with Crippen molar-refractivity contribution in [1.29, 1.82) is 0 Å². The van der Waals surface area contributed by atoms with Gasteiger partial charge in [-0.05, 0) is 55.7 Å². The predicted molar refractivity (Wildman–Crippen MR) is 70.3 cm³/mol. The maximum atomic E-state index is 5.77. The summed E-state index contributed by atoms with van der Waals surface area (Å²) in [6, 6.07) is 15.0. The predicted octanol–water partition coefficient (Wildman–Crippen LogP) is 3.99. The molecule has 0 saturated carbocycles. The Morgan fingerprint density at radius 2 is 1.59 bits per heavy atom. The smallest absolute Gasteiger partial charge is 0.119 e. The molecule has 0 heterocycles. The van der Waals surface area contributed by atoms with Gasteiger partial charge >= 0.3 is 0 Å². The fraction of sp³-hybridized carbons (Fsp3) is 0.250. The fourth-order valence-electron chi connectivity index (χ4n) is 2.06. The van der Waals surface area contributed by atoms with E-state index >= 15 is 0 Å². The number of benzene rings is 2. The average Bonchev–Trinajstić information content (AvgIpc) is 2.29. The normalized spacial score (nSPS) is 10.3. The second-order valence-corrected chi connectivity index (χ2v) is 4.40. The van der Waals surface area contributed by atoms with Crippen molar-refractivity contribution in [1.82, 2.24) is 0 Å². The molecule has 0 aliphatic rings. The zero-order valence-electron chi connectivity index (χ0n) is 10.6. The lowest BCUT2D eigenvalue weighted by atomic mass is 10.0. The van der Waals surface area contributed by atoms with E-state index in [2.05, 4.69) is 39.0 Å². The van der Waals surface area contributed by atoms with Crippen LogP contribution in [0.2, 0.25) is 0 Å². The Bertz CT molecular complexity index is 477. The molecule has 0 unspecified atom stereocenters. The molecule has 0 aliphatic heterocycles. The number of hydrogen-bond acceptors (Lipinski definition) is 1. The molecule has 0 bridgehead atoms. The van der Waals surface area contributed by atoms with Crippen LogP contribution in [0.15, 0.2) is 36.4 Å². The van der Waals surface area contributed by atoms with E-state index in [1.165, 1.54) is 22.3 Å². The van der Waals surface area contributed by atoms with Gasteiger partial charge in [-0.2, -0.15) is 0 Å². The van der Waals surface area contributed by atoms with Crippen molar-refractivity contribution in [2.45, 2.75) is 27.4 Å². The highest BCUT2D eigenvalue weighted by atomic mass is 16.5. The third-order valence-electron chi connectivity index (χ3n) is 2.91. The lowest BCUT2D eigenvalue weighted by molar-refractivity contribution is 0.304. The van der Waals surface area contributed by atoms with Gasteiger partial charge in [0.25, 0.3) is 0 Å². The van der Waals surface area contributed by atoms with Gasteiger partial charge in [0.2, 0.25) is 0 Å². The Kier molecular flexibility index (Phi) is 3.48. The summed E-state index contributed by atoms with van der Waals surface area (Å²) in [5.74, 6) is 0.892. The van der Waals surface area contributed by atoms with Gasteiger partial charge in [-0.15, -0.1) is 0 Å². The van der Waals surface area contributed by atoms with Gasteiger partial charge in [0.1, 0.15) is 12.4 Å². The molecule has 0 aromatic heterocycles. The van der Waals surface area contributed by atoms with Crippen LogP contribution in [0.1, 0.15) is 22.3 Å². The molecule has 87 valence electrons. The molecule has 0 saturated heterocycles. The summed E-state index contributed by atoms with van der Waals surface area (Å²) in [4.78, 5) is 0. The first-order valence-corrected chi connectivity index (χ1v) is 5.82. The summed E-state index contributed by atoms with van der Waals surface area (Å²) < 4.78 is 5.77. The minimum Gasteiger partial charge on any atom is -0.489 e. The van der Waals surface area contributed by atoms with E-state index in [1.54, 1.807) is 0 Å². The van der Waals surface area contributed by atoms with E-state index in [1.807, 2.05) is 24.3 Å². The van der Waals surface area contributed by atoms with Crippen molar-refractivity contribution in [3.8, 4) is 5.75 Å². The van der Waals surface area contributed by atoms with E-state index in [9.17, 15) is 0 Å². The summed E-state index contributed by atoms with van der Waals surface area (Å²) in [6.45, 7) is 7.02. The van der Waals surface area contributed by atoms with Crippen LogP contribution in [0, 0.1) is 26.8 Å². The van der Waals surface area contributed by atoms with E-state index in [4.69, 9.17) is 4.74 Å². The molecule has 0 aliphatic carbocycles. The molecule has 1 heteroatoms. The molecular formula is C16H17O. The average molecular weight is 225 g/mol. The Balaban J connectivity index is 2.15. The molecule has 2 aromatic rings. The van der Waals surface area contributed by atoms with Crippen molar-refractivity contribution >= 4 is 0 Å². The van der Waals surface area contributed by atoms with Gasteiger partial charge in [0.05, 0.1) is 0 Å². The third-order valence-corrected chi connectivity index (χ3v) is 2.91. The van der Waals surface area contributed by atoms with E-state index < -0.39 is 0 Å². The van der Waals surface area contributed by atoms with Crippen LogP contribution in [0.3, 0.4) is 0 Å². The molecule has 17 heavy (non-hydrogen) atoms. The van der Waals surface area contributed by atoms with Crippen LogP contribution in [-0.4, -0.2) is 0 Å². The largest absolute Gasteiger partial charge is 0.489 e. The second kappa shape index (κ2) is 5.05. The Morgan fingerprint density at radius 3 is 2.18 bits per heavy atom. The molecule has 1 radical (unpaired) electrons. The lowest BCUT2D eigenvalue weighted by Gasteiger charge is -2.12. The van der Waals surface area contributed by atoms with Crippen LogP contribution in [0.25, 0.3) is 0 Å². The number of hydrogen-bond donors (Lipinski definition) is 0. The van der Waals surface area contributed by atoms with Crippen molar-refractivity contribution < 1.29 is 4.74 Å². The molecule has 0 spiro atoms. The molecular weight excluding hydrogens is 208 g/mol. The van der Waals surface area contributed by atoms with Crippen molar-refractivity contribution in [2.75, 3.05) is 0 Å². The number of ether oxygens (including phenoxy) is 1. The van der Waals surface area contributed by atoms with E-state index in [-0.39, 0.29) is 0 Å². The van der Waals surface area contributed by atoms with Gasteiger partial charge in [-0.3, -0.25) is 0 Å². The molecule has 0 atom stereocenters. The van der Waals surface area contributed by atoms with Crippen molar-refractivity contribution in [3.63, 3.8) is 0 Å². The first-order valence-electron chi connectivity index (χ1n) is 5.82. The molecule has 0 fully saturated rings. The van der Waals surface area contributed by atoms with E-state index in [0.717, 1.165) is 5.75 Å². The number of rotatable bonds is 3. The van der Waals surface area contributed by atoms with Gasteiger partial charge in [-0.1, -0.05) is 29.8 Å². The van der Waals surface area contributed by atoms with Crippen LogP contribution >= 0.6 is 0 Å². The van der Waals surface area contributed by atoms with Crippen LogP contribution in [-0.2, 0) is 6.61 Å². The van der Waals surface area contributed by atoms with Crippen LogP contribution in [0.4, 0.5) is 0 Å². The summed E-state index contributed by atoms with van der Waals surface area (Å²) >= 11 is 0. The minimum atomic E-state index is 0.627. The van der Waals surface area contributed by atoms with Gasteiger partial charge in [0.15, 0.2) is 0 Å². The first kappa shape index (κ1) is 11.7. The number of aryl methyl sites for hydroxylation is 3. The third kappa shape index (κ3) is 2.88. The SMILES string of the molecule is Cc1cc(C)c(COc2cc[c]cc2)c(C)c1. The zero-order chi connectivity index (χ0) is 12.3. The first-order chi connectivity index (χ1) is 8.16. The molecule has 0 N–H and O–H groups in total. The second-order valence-electron chi connectivity index (χ2n) is 4.40. The van der Waals surface area contributed by atoms with Crippen molar-refractivity contribution in [2.24, 2.45) is 0 Å². The molecule has 1 nitrogen and oxygen atoms in total. The highest BCUT2D eigenvalue weighted by Gasteiger charge is 2.04. The Morgan fingerprint density at radius 1 is 1.00 bits per heavy atom. The monoisotopic (exact) mass is 225 g/mol. The maximum Gasteiger partial charge on any atom is 0.119 e. The minimum absolute atomic E-state index is 0.627. The molecule has 2 rings (SSSR count). The van der Waals surface area contributed by atoms with Crippen LogP contribution in [0.5, 0.6) is 5.75 Å². The summed E-state index contributed by atoms with van der Waals surface area (Å²) in [5.41, 5.74) is 5.18. The summed E-state index contributed by atoms with van der Waals surface area (Å²) in [7, 11) is 0. The molecule has 2 aromatic carbocycles. The zero-order valence-corrected chi connectivity index (χ0v) is 10.6. The van der Waals surface area contributed by atoms with Crippen molar-refractivity contribution in [3.05, 3.63) is 64.7 Å². The van der Waals surface area contributed by atoms with E-state index in [0.29, 0.717) is 6.61 Å². The van der Waals surface area contributed by atoms with Gasteiger partial charge in [-0.25, -0.2) is 0 Å². The standard InChI is InChI=1S/C16H17O/c1-12-9-13(2)16(14(3)10-12)11-17-15-7-5-4-6-8-15/h5-10H,11H2,1-3H3. The maximum absolute atomic E-state index is 5.77. The Labute approximate surface area is 103 Å². The Hall–Kier alpha value is -1.76. The highest BCUT2D eigenvalue weighted by molar-refractivity contribution is 5.37. The summed E-state index contributed by atoms with van der Waals surface area (Å²) in [5, 5.41) is 0. The molecule has 0 amide bonds. The van der Waals surface area contributed by atoms with Gasteiger partial charge < -0.3 is 4.74 Å². The summed E-state index contributed by atoms with van der Waals surface area (Å²) in [6.07, 6.45) is 0. The fourth-order valence-corrected chi connectivity index (χ4v) is 2.06. The highest BCUT2D eigenvalue weighted by Crippen LogP contribution is 2.19. The van der Waals surface area contributed by atoms with Crippen LogP contribution < -0.4 is 4.74 Å². The van der Waals surface area contributed by atoms with Gasteiger partial charge in [0, 0.05) is 0 Å². The quantitative estimate of drug-likeness (QED) is 0.767.